The summed E-state index contributed by atoms with van der Waals surface area (Å²) < 4.78 is 2.00. The van der Waals surface area contributed by atoms with Gasteiger partial charge in [0.05, 0.1) is 11.7 Å². The minimum absolute atomic E-state index is 0.188. The van der Waals surface area contributed by atoms with E-state index in [1.165, 1.54) is 11.1 Å². The molecule has 5 heterocycles. The second kappa shape index (κ2) is 4.30. The number of aryl methyl sites for hydroxylation is 1. The number of rotatable bonds is 1. The molecule has 0 aromatic carbocycles. The van der Waals surface area contributed by atoms with Crippen LogP contribution in [0.2, 0.25) is 0 Å². The summed E-state index contributed by atoms with van der Waals surface area (Å²) in [6.45, 7) is 0. The fourth-order valence-corrected chi connectivity index (χ4v) is 3.40. The molecule has 1 unspecified atom stereocenters. The SMILES string of the molecule is CN1NC=C2C=Nc3[nH]c(-c4cn(C)c5nccnc45)cc3C21. The number of aromatic amines is 1. The number of hydrogen-bond donors (Lipinski definition) is 2. The molecule has 0 aliphatic carbocycles. The zero-order valence-corrected chi connectivity index (χ0v) is 12.8. The van der Waals surface area contributed by atoms with Crippen LogP contribution in [-0.4, -0.2) is 37.8 Å². The zero-order valence-electron chi connectivity index (χ0n) is 12.8. The third kappa shape index (κ3) is 1.65. The van der Waals surface area contributed by atoms with Crippen LogP contribution in [0.3, 0.4) is 0 Å². The molecule has 114 valence electrons. The quantitative estimate of drug-likeness (QED) is 0.721. The average molecular weight is 305 g/mol. The molecular formula is C16H15N7. The van der Waals surface area contributed by atoms with Crippen LogP contribution in [0.4, 0.5) is 5.82 Å². The summed E-state index contributed by atoms with van der Waals surface area (Å²) in [5, 5.41) is 2.08. The van der Waals surface area contributed by atoms with Crippen molar-refractivity contribution in [3.63, 3.8) is 0 Å². The highest BCUT2D eigenvalue weighted by atomic mass is 15.5. The number of fused-ring (bicyclic) bond motifs is 4. The first-order valence-electron chi connectivity index (χ1n) is 7.45. The van der Waals surface area contributed by atoms with Crippen LogP contribution < -0.4 is 5.43 Å². The third-order valence-electron chi connectivity index (χ3n) is 4.48. The molecule has 23 heavy (non-hydrogen) atoms. The van der Waals surface area contributed by atoms with Gasteiger partial charge in [0.15, 0.2) is 5.65 Å². The smallest absolute Gasteiger partial charge is 0.159 e. The number of nitrogens with one attached hydrogen (secondary N) is 2. The summed E-state index contributed by atoms with van der Waals surface area (Å²) in [6, 6.07) is 2.35. The molecule has 0 spiro atoms. The van der Waals surface area contributed by atoms with Crippen LogP contribution in [0, 0.1) is 0 Å². The minimum Gasteiger partial charge on any atom is -0.339 e. The van der Waals surface area contributed by atoms with Crippen LogP contribution in [0.25, 0.3) is 22.4 Å². The zero-order chi connectivity index (χ0) is 15.6. The van der Waals surface area contributed by atoms with Crippen molar-refractivity contribution in [3.8, 4) is 11.3 Å². The highest BCUT2D eigenvalue weighted by Crippen LogP contribution is 2.41. The number of aromatic nitrogens is 4. The Balaban J connectivity index is 1.70. The molecule has 1 atom stereocenters. The third-order valence-corrected chi connectivity index (χ3v) is 4.48. The van der Waals surface area contributed by atoms with E-state index in [0.29, 0.717) is 0 Å². The highest BCUT2D eigenvalue weighted by molar-refractivity contribution is 5.92. The van der Waals surface area contributed by atoms with E-state index in [-0.39, 0.29) is 6.04 Å². The summed E-state index contributed by atoms with van der Waals surface area (Å²) >= 11 is 0. The van der Waals surface area contributed by atoms with Gasteiger partial charge in [-0.25, -0.2) is 15.0 Å². The molecule has 0 fully saturated rings. The molecule has 0 bridgehead atoms. The molecule has 0 saturated heterocycles. The van der Waals surface area contributed by atoms with Crippen LogP contribution in [0.5, 0.6) is 0 Å². The van der Waals surface area contributed by atoms with Gasteiger partial charge < -0.3 is 15.0 Å². The van der Waals surface area contributed by atoms with Crippen molar-refractivity contribution in [1.29, 1.82) is 0 Å². The first-order valence-corrected chi connectivity index (χ1v) is 7.45. The molecule has 2 aliphatic rings. The van der Waals surface area contributed by atoms with Gasteiger partial charge in [0, 0.05) is 61.8 Å². The monoisotopic (exact) mass is 305 g/mol. The van der Waals surface area contributed by atoms with Gasteiger partial charge in [0.1, 0.15) is 11.3 Å². The summed E-state index contributed by atoms with van der Waals surface area (Å²) in [7, 11) is 4.02. The predicted molar refractivity (Wildman–Crippen MR) is 88.2 cm³/mol. The van der Waals surface area contributed by atoms with E-state index in [4.69, 9.17) is 0 Å². The van der Waals surface area contributed by atoms with Gasteiger partial charge in [-0.2, -0.15) is 0 Å². The maximum Gasteiger partial charge on any atom is 0.159 e. The van der Waals surface area contributed by atoms with Crippen LogP contribution >= 0.6 is 0 Å². The molecular weight excluding hydrogens is 290 g/mol. The lowest BCUT2D eigenvalue weighted by atomic mass is 10.00. The van der Waals surface area contributed by atoms with Crippen molar-refractivity contribution < 1.29 is 0 Å². The molecule has 3 aromatic heterocycles. The summed E-state index contributed by atoms with van der Waals surface area (Å²) in [4.78, 5) is 16.9. The topological polar surface area (TPSA) is 74.1 Å². The maximum atomic E-state index is 4.54. The van der Waals surface area contributed by atoms with E-state index in [1.54, 1.807) is 12.4 Å². The Morgan fingerprint density at radius 2 is 2.04 bits per heavy atom. The van der Waals surface area contributed by atoms with E-state index in [2.05, 4.69) is 42.6 Å². The normalized spacial score (nSPS) is 19.6. The van der Waals surface area contributed by atoms with Gasteiger partial charge in [0.2, 0.25) is 0 Å². The van der Waals surface area contributed by atoms with Crippen molar-refractivity contribution in [3.05, 3.63) is 42.0 Å². The molecule has 7 heteroatoms. The van der Waals surface area contributed by atoms with Gasteiger partial charge in [-0.1, -0.05) is 0 Å². The average Bonchev–Trinajstić information content (AvgIpc) is 3.23. The van der Waals surface area contributed by atoms with Gasteiger partial charge >= 0.3 is 0 Å². The Bertz CT molecular complexity index is 991. The van der Waals surface area contributed by atoms with Crippen LogP contribution in [0.15, 0.2) is 41.4 Å². The van der Waals surface area contributed by atoms with Gasteiger partial charge in [0.25, 0.3) is 0 Å². The van der Waals surface area contributed by atoms with Crippen molar-refractivity contribution in [1.82, 2.24) is 30.0 Å². The Kier molecular flexibility index (Phi) is 2.35. The largest absolute Gasteiger partial charge is 0.339 e. The summed E-state index contributed by atoms with van der Waals surface area (Å²) in [5.41, 5.74) is 9.39. The summed E-state index contributed by atoms with van der Waals surface area (Å²) in [6.07, 6.45) is 9.40. The Morgan fingerprint density at radius 3 is 2.96 bits per heavy atom. The predicted octanol–water partition coefficient (Wildman–Crippen LogP) is 2.05. The lowest BCUT2D eigenvalue weighted by Gasteiger charge is -2.22. The fraction of sp³-hybridized carbons (Fsp3) is 0.188. The van der Waals surface area contributed by atoms with Crippen molar-refractivity contribution in [2.75, 3.05) is 7.05 Å². The number of aliphatic imine (C=N–C) groups is 1. The van der Waals surface area contributed by atoms with Gasteiger partial charge in [-0.05, 0) is 6.07 Å². The summed E-state index contributed by atoms with van der Waals surface area (Å²) in [5.74, 6) is 0.901. The van der Waals surface area contributed by atoms with Gasteiger partial charge in [-0.3, -0.25) is 4.98 Å². The number of nitrogens with zero attached hydrogens (tertiary/aromatic N) is 5. The fourth-order valence-electron chi connectivity index (χ4n) is 3.40. The van der Waals surface area contributed by atoms with Crippen LogP contribution in [-0.2, 0) is 7.05 Å². The van der Waals surface area contributed by atoms with Gasteiger partial charge in [-0.15, -0.1) is 0 Å². The minimum atomic E-state index is 0.188. The molecule has 0 radical (unpaired) electrons. The second-order valence-corrected chi connectivity index (χ2v) is 5.91. The molecule has 2 N–H and O–H groups in total. The molecule has 7 nitrogen and oxygen atoms in total. The molecule has 0 saturated carbocycles. The Hall–Kier alpha value is -2.93. The molecule has 0 amide bonds. The van der Waals surface area contributed by atoms with E-state index >= 15 is 0 Å². The number of likely N-dealkylation sites (N-methyl/N-ethyl adjacent to an activating group) is 1. The van der Waals surface area contributed by atoms with Crippen molar-refractivity contribution in [2.45, 2.75) is 6.04 Å². The molecule has 5 rings (SSSR count). The second-order valence-electron chi connectivity index (χ2n) is 5.91. The van der Waals surface area contributed by atoms with E-state index in [9.17, 15) is 0 Å². The molecule has 3 aromatic rings. The Morgan fingerprint density at radius 1 is 1.17 bits per heavy atom. The van der Waals surface area contributed by atoms with Crippen molar-refractivity contribution >= 4 is 23.2 Å². The van der Waals surface area contributed by atoms with E-state index in [1.807, 2.05) is 31.1 Å². The first-order chi connectivity index (χ1) is 11.2. The lowest BCUT2D eigenvalue weighted by Crippen LogP contribution is -2.29. The van der Waals surface area contributed by atoms with Crippen LogP contribution in [0.1, 0.15) is 11.6 Å². The number of hydrogen-bond acceptors (Lipinski definition) is 5. The van der Waals surface area contributed by atoms with E-state index in [0.717, 1.165) is 28.2 Å². The van der Waals surface area contributed by atoms with Crippen molar-refractivity contribution in [2.24, 2.45) is 12.0 Å². The number of hydrazine groups is 1. The number of H-pyrrole nitrogens is 1. The standard InChI is InChI=1S/C16H15N7/c1-22-8-11(13-16(22)18-4-3-17-13)12-5-10-14-9(7-20-23(14)2)6-19-15(10)21-12/h3-8,14,20-21H,1-2H3. The van der Waals surface area contributed by atoms with E-state index < -0.39 is 0 Å². The Labute approximate surface area is 132 Å². The maximum absolute atomic E-state index is 4.54. The lowest BCUT2D eigenvalue weighted by molar-refractivity contribution is 0.253. The first kappa shape index (κ1) is 12.6. The molecule has 2 aliphatic heterocycles. The highest BCUT2D eigenvalue weighted by Gasteiger charge is 2.32.